The van der Waals surface area contributed by atoms with Gasteiger partial charge in [-0.1, -0.05) is 17.7 Å². The second-order valence-electron chi connectivity index (χ2n) is 4.45. The molecule has 0 N–H and O–H groups in total. The molecule has 1 fully saturated rings. The Balaban J connectivity index is 2.37. The number of aldehydes is 1. The van der Waals surface area contributed by atoms with E-state index in [1.54, 1.807) is 0 Å². The Bertz CT molecular complexity index is 591. The summed E-state index contributed by atoms with van der Waals surface area (Å²) in [4.78, 5) is 10.3. The number of hydrogen-bond acceptors (Lipinski definition) is 3. The van der Waals surface area contributed by atoms with Crippen LogP contribution in [-0.4, -0.2) is 32.1 Å². The first-order valence-corrected chi connectivity index (χ1v) is 7.68. The van der Waals surface area contributed by atoms with Crippen molar-refractivity contribution in [1.29, 1.82) is 0 Å². The van der Waals surface area contributed by atoms with Crippen molar-refractivity contribution in [3.8, 4) is 0 Å². The maximum Gasteiger partial charge on any atom is 0.246 e. The lowest BCUT2D eigenvalue weighted by atomic mass is 10.0. The van der Waals surface area contributed by atoms with Crippen molar-refractivity contribution in [2.24, 2.45) is 5.92 Å². The van der Waals surface area contributed by atoms with Crippen LogP contribution in [0.15, 0.2) is 23.1 Å². The molecule has 104 valence electrons. The molecular formula is C12H13ClFNO3S. The molecule has 1 saturated heterocycles. The lowest BCUT2D eigenvalue weighted by Crippen LogP contribution is -2.40. The molecule has 1 unspecified atom stereocenters. The van der Waals surface area contributed by atoms with Gasteiger partial charge in [0, 0.05) is 19.0 Å². The smallest absolute Gasteiger partial charge is 0.246 e. The fourth-order valence-electron chi connectivity index (χ4n) is 2.13. The minimum absolute atomic E-state index is 0.0950. The highest BCUT2D eigenvalue weighted by Gasteiger charge is 2.32. The van der Waals surface area contributed by atoms with Gasteiger partial charge in [-0.05, 0) is 25.0 Å². The first kappa shape index (κ1) is 14.4. The average Bonchev–Trinajstić information content (AvgIpc) is 2.41. The van der Waals surface area contributed by atoms with Gasteiger partial charge in [0.25, 0.3) is 0 Å². The van der Waals surface area contributed by atoms with Crippen LogP contribution >= 0.6 is 11.6 Å². The number of nitrogens with zero attached hydrogens (tertiary/aromatic N) is 1. The van der Waals surface area contributed by atoms with Crippen molar-refractivity contribution in [3.63, 3.8) is 0 Å². The molecular weight excluding hydrogens is 293 g/mol. The van der Waals surface area contributed by atoms with Crippen molar-refractivity contribution in [2.45, 2.75) is 17.7 Å². The van der Waals surface area contributed by atoms with E-state index in [-0.39, 0.29) is 17.5 Å². The molecule has 0 spiro atoms. The van der Waals surface area contributed by atoms with E-state index in [1.165, 1.54) is 18.2 Å². The second-order valence-corrected chi connectivity index (χ2v) is 6.77. The lowest BCUT2D eigenvalue weighted by molar-refractivity contribution is -0.112. The number of sulfonamides is 1. The molecule has 1 aliphatic heterocycles. The van der Waals surface area contributed by atoms with E-state index in [2.05, 4.69) is 0 Å². The number of carbonyl (C=O) groups is 1. The highest BCUT2D eigenvalue weighted by Crippen LogP contribution is 2.27. The van der Waals surface area contributed by atoms with Crippen molar-refractivity contribution in [2.75, 3.05) is 13.1 Å². The standard InChI is InChI=1S/C12H13ClFNO3S/c13-10-4-1-5-11(12(10)14)19(17,18)15-6-2-3-9(7-15)8-16/h1,4-5,8-9H,2-3,6-7H2. The number of piperidine rings is 1. The molecule has 0 radical (unpaired) electrons. The Morgan fingerprint density at radius 3 is 2.84 bits per heavy atom. The van der Waals surface area contributed by atoms with Crippen molar-refractivity contribution < 1.29 is 17.6 Å². The van der Waals surface area contributed by atoms with Gasteiger partial charge in [0.05, 0.1) is 5.02 Å². The molecule has 2 rings (SSSR count). The van der Waals surface area contributed by atoms with Gasteiger partial charge in [0.15, 0.2) is 5.82 Å². The molecule has 19 heavy (non-hydrogen) atoms. The fraction of sp³-hybridized carbons (Fsp3) is 0.417. The van der Waals surface area contributed by atoms with E-state index in [1.807, 2.05) is 0 Å². The van der Waals surface area contributed by atoms with Crippen LogP contribution in [0.1, 0.15) is 12.8 Å². The van der Waals surface area contributed by atoms with Crippen LogP contribution in [0.5, 0.6) is 0 Å². The summed E-state index contributed by atoms with van der Waals surface area (Å²) in [7, 11) is -3.94. The molecule has 1 aromatic carbocycles. The summed E-state index contributed by atoms with van der Waals surface area (Å²) in [6.45, 7) is 0.385. The topological polar surface area (TPSA) is 54.5 Å². The molecule has 4 nitrogen and oxygen atoms in total. The van der Waals surface area contributed by atoms with E-state index < -0.39 is 20.7 Å². The lowest BCUT2D eigenvalue weighted by Gasteiger charge is -2.29. The third-order valence-corrected chi connectivity index (χ3v) is 5.32. The molecule has 0 aliphatic carbocycles. The Morgan fingerprint density at radius 2 is 2.16 bits per heavy atom. The van der Waals surface area contributed by atoms with Gasteiger partial charge in [-0.15, -0.1) is 0 Å². The first-order chi connectivity index (χ1) is 8.96. The third-order valence-electron chi connectivity index (χ3n) is 3.15. The average molecular weight is 306 g/mol. The summed E-state index contributed by atoms with van der Waals surface area (Å²) in [5.74, 6) is -1.27. The monoisotopic (exact) mass is 305 g/mol. The molecule has 0 amide bonds. The summed E-state index contributed by atoms with van der Waals surface area (Å²) in [6, 6.07) is 3.86. The normalized spacial score (nSPS) is 21.3. The van der Waals surface area contributed by atoms with Crippen LogP contribution in [0.25, 0.3) is 0 Å². The molecule has 0 saturated carbocycles. The maximum atomic E-state index is 13.8. The zero-order valence-electron chi connectivity index (χ0n) is 10.1. The molecule has 7 heteroatoms. The number of hydrogen-bond donors (Lipinski definition) is 0. The SMILES string of the molecule is O=CC1CCCN(S(=O)(=O)c2cccc(Cl)c2F)C1. The van der Waals surface area contributed by atoms with Crippen LogP contribution < -0.4 is 0 Å². The molecule has 1 atom stereocenters. The van der Waals surface area contributed by atoms with Crippen molar-refractivity contribution in [3.05, 3.63) is 29.0 Å². The highest BCUT2D eigenvalue weighted by atomic mass is 35.5. The second kappa shape index (κ2) is 5.56. The molecule has 1 aromatic rings. The predicted molar refractivity (Wildman–Crippen MR) is 69.0 cm³/mol. The van der Waals surface area contributed by atoms with Crippen molar-refractivity contribution >= 4 is 27.9 Å². The third kappa shape index (κ3) is 2.80. The minimum Gasteiger partial charge on any atom is -0.303 e. The van der Waals surface area contributed by atoms with Gasteiger partial charge in [-0.3, -0.25) is 0 Å². The van der Waals surface area contributed by atoms with Crippen LogP contribution in [0, 0.1) is 11.7 Å². The van der Waals surface area contributed by atoms with Gasteiger partial charge < -0.3 is 4.79 Å². The maximum absolute atomic E-state index is 13.8. The zero-order valence-corrected chi connectivity index (χ0v) is 11.6. The Kier molecular flexibility index (Phi) is 4.23. The quantitative estimate of drug-likeness (QED) is 0.803. The minimum atomic E-state index is -3.94. The van der Waals surface area contributed by atoms with Gasteiger partial charge in [-0.2, -0.15) is 4.31 Å². The van der Waals surface area contributed by atoms with E-state index in [0.29, 0.717) is 19.4 Å². The summed E-state index contributed by atoms with van der Waals surface area (Å²) < 4.78 is 39.6. The predicted octanol–water partition coefficient (Wildman–Crippen LogP) is 2.08. The summed E-state index contributed by atoms with van der Waals surface area (Å²) >= 11 is 5.60. The Morgan fingerprint density at radius 1 is 1.42 bits per heavy atom. The van der Waals surface area contributed by atoms with Crippen molar-refractivity contribution in [1.82, 2.24) is 4.31 Å². The summed E-state index contributed by atoms with van der Waals surface area (Å²) in [5, 5.41) is -0.231. The van der Waals surface area contributed by atoms with Crippen LogP contribution in [-0.2, 0) is 14.8 Å². The van der Waals surface area contributed by atoms with E-state index >= 15 is 0 Å². The largest absolute Gasteiger partial charge is 0.303 e. The van der Waals surface area contributed by atoms with E-state index in [4.69, 9.17) is 11.6 Å². The summed E-state index contributed by atoms with van der Waals surface area (Å²) in [5.41, 5.74) is 0. The Labute approximate surface area is 116 Å². The van der Waals surface area contributed by atoms with E-state index in [9.17, 15) is 17.6 Å². The molecule has 0 bridgehead atoms. The van der Waals surface area contributed by atoms with E-state index in [0.717, 1.165) is 10.6 Å². The van der Waals surface area contributed by atoms with Gasteiger partial charge in [0.1, 0.15) is 11.2 Å². The number of halogens is 2. The van der Waals surface area contributed by atoms with Gasteiger partial charge in [-0.25, -0.2) is 12.8 Å². The number of carbonyl (C=O) groups excluding carboxylic acids is 1. The molecule has 1 heterocycles. The number of benzene rings is 1. The highest BCUT2D eigenvalue weighted by molar-refractivity contribution is 7.89. The fourth-order valence-corrected chi connectivity index (χ4v) is 3.98. The van der Waals surface area contributed by atoms with Crippen LogP contribution in [0.3, 0.4) is 0 Å². The van der Waals surface area contributed by atoms with Gasteiger partial charge in [0.2, 0.25) is 10.0 Å². The molecule has 0 aromatic heterocycles. The summed E-state index contributed by atoms with van der Waals surface area (Å²) in [6.07, 6.45) is 1.99. The van der Waals surface area contributed by atoms with Crippen LogP contribution in [0.4, 0.5) is 4.39 Å². The first-order valence-electron chi connectivity index (χ1n) is 5.86. The molecule has 1 aliphatic rings. The Hall–Kier alpha value is -0.980. The van der Waals surface area contributed by atoms with Gasteiger partial charge >= 0.3 is 0 Å². The number of rotatable bonds is 3. The zero-order chi connectivity index (χ0) is 14.0. The van der Waals surface area contributed by atoms with Crippen LogP contribution in [0.2, 0.25) is 5.02 Å².